The highest BCUT2D eigenvalue weighted by molar-refractivity contribution is 5.80. The number of rotatable bonds is 3. The Bertz CT molecular complexity index is 798. The number of allylic oxidation sites excluding steroid dienone is 2. The van der Waals surface area contributed by atoms with Crippen LogP contribution in [0, 0.1) is 11.7 Å². The van der Waals surface area contributed by atoms with E-state index in [1.165, 1.54) is 6.07 Å². The lowest BCUT2D eigenvalue weighted by molar-refractivity contribution is -0.136. The maximum absolute atomic E-state index is 14.0. The fraction of sp³-hybridized carbons (Fsp3) is 0.400. The Morgan fingerprint density at radius 2 is 2.12 bits per heavy atom. The summed E-state index contributed by atoms with van der Waals surface area (Å²) in [6.45, 7) is 0.777. The van der Waals surface area contributed by atoms with E-state index in [0.717, 1.165) is 44.5 Å². The Kier molecular flexibility index (Phi) is 4.38. The lowest BCUT2D eigenvalue weighted by atomic mass is 9.93. The second-order valence-electron chi connectivity index (χ2n) is 6.83. The molecule has 1 fully saturated rings. The Balaban J connectivity index is 1.56. The van der Waals surface area contributed by atoms with E-state index in [-0.39, 0.29) is 23.7 Å². The predicted octanol–water partition coefficient (Wildman–Crippen LogP) is 4.24. The lowest BCUT2D eigenvalue weighted by Crippen LogP contribution is -2.36. The number of aromatic nitrogens is 2. The third kappa shape index (κ3) is 3.11. The zero-order chi connectivity index (χ0) is 17.2. The van der Waals surface area contributed by atoms with Crippen LogP contribution in [0.3, 0.4) is 0 Å². The Labute approximate surface area is 146 Å². The summed E-state index contributed by atoms with van der Waals surface area (Å²) in [5.41, 5.74) is 1.17. The number of imidazole rings is 1. The van der Waals surface area contributed by atoms with E-state index in [1.54, 1.807) is 24.4 Å². The molecule has 0 saturated carbocycles. The van der Waals surface area contributed by atoms with Gasteiger partial charge in [-0.2, -0.15) is 0 Å². The van der Waals surface area contributed by atoms with E-state index >= 15 is 0 Å². The molecule has 2 unspecified atom stereocenters. The monoisotopic (exact) mass is 339 g/mol. The molecule has 130 valence electrons. The molecule has 1 N–H and O–H groups in total. The van der Waals surface area contributed by atoms with E-state index in [1.807, 2.05) is 4.90 Å². The number of benzene rings is 1. The van der Waals surface area contributed by atoms with Crippen LogP contribution in [0.5, 0.6) is 0 Å². The van der Waals surface area contributed by atoms with Crippen molar-refractivity contribution < 1.29 is 9.18 Å². The van der Waals surface area contributed by atoms with Crippen molar-refractivity contribution in [3.8, 4) is 11.3 Å². The molecular weight excluding hydrogens is 317 g/mol. The van der Waals surface area contributed by atoms with Crippen molar-refractivity contribution in [2.24, 2.45) is 5.92 Å². The van der Waals surface area contributed by atoms with Gasteiger partial charge in [0.2, 0.25) is 5.91 Å². The number of nitrogens with zero attached hydrogens (tertiary/aromatic N) is 2. The Morgan fingerprint density at radius 1 is 1.24 bits per heavy atom. The molecule has 1 aliphatic heterocycles. The van der Waals surface area contributed by atoms with Gasteiger partial charge in [0, 0.05) is 18.0 Å². The van der Waals surface area contributed by atoms with Crippen LogP contribution < -0.4 is 0 Å². The van der Waals surface area contributed by atoms with Crippen LogP contribution in [-0.2, 0) is 4.79 Å². The van der Waals surface area contributed by atoms with E-state index in [9.17, 15) is 9.18 Å². The van der Waals surface area contributed by atoms with E-state index < -0.39 is 0 Å². The van der Waals surface area contributed by atoms with Gasteiger partial charge in [-0.05, 0) is 44.2 Å². The molecule has 1 aliphatic carbocycles. The molecule has 1 aromatic carbocycles. The second kappa shape index (κ2) is 6.82. The SMILES string of the molecule is O=C(C1CC=CCC1)N1CCCC1c1ncc(-c2ccccc2F)[nH]1. The van der Waals surface area contributed by atoms with Gasteiger partial charge in [-0.1, -0.05) is 24.3 Å². The van der Waals surface area contributed by atoms with Crippen LogP contribution >= 0.6 is 0 Å². The van der Waals surface area contributed by atoms with Gasteiger partial charge >= 0.3 is 0 Å². The molecule has 2 aromatic rings. The quantitative estimate of drug-likeness (QED) is 0.851. The maximum Gasteiger partial charge on any atom is 0.226 e. The lowest BCUT2D eigenvalue weighted by Gasteiger charge is -2.28. The largest absolute Gasteiger partial charge is 0.340 e. The first-order valence-electron chi connectivity index (χ1n) is 8.99. The van der Waals surface area contributed by atoms with Crippen LogP contribution in [0.1, 0.15) is 44.0 Å². The average molecular weight is 339 g/mol. The normalized spacial score (nSPS) is 23.2. The Hall–Kier alpha value is -2.43. The topological polar surface area (TPSA) is 49.0 Å². The smallest absolute Gasteiger partial charge is 0.226 e. The number of carbonyl (C=O) groups is 1. The van der Waals surface area contributed by atoms with Gasteiger partial charge in [-0.15, -0.1) is 0 Å². The summed E-state index contributed by atoms with van der Waals surface area (Å²) in [6.07, 6.45) is 10.6. The molecule has 2 aliphatic rings. The number of nitrogens with one attached hydrogen (secondary N) is 1. The number of hydrogen-bond acceptors (Lipinski definition) is 2. The number of H-pyrrole nitrogens is 1. The molecule has 1 amide bonds. The summed E-state index contributed by atoms with van der Waals surface area (Å²) < 4.78 is 14.0. The molecule has 2 atom stereocenters. The molecule has 2 heterocycles. The first-order chi connectivity index (χ1) is 12.2. The van der Waals surface area contributed by atoms with E-state index in [2.05, 4.69) is 22.1 Å². The zero-order valence-electron chi connectivity index (χ0n) is 14.1. The molecule has 5 heteroatoms. The number of likely N-dealkylation sites (tertiary alicyclic amines) is 1. The highest BCUT2D eigenvalue weighted by Crippen LogP contribution is 2.34. The van der Waals surface area contributed by atoms with Gasteiger partial charge in [-0.25, -0.2) is 9.37 Å². The van der Waals surface area contributed by atoms with Crippen LogP contribution in [-0.4, -0.2) is 27.3 Å². The third-order valence-electron chi connectivity index (χ3n) is 5.23. The van der Waals surface area contributed by atoms with Crippen LogP contribution in [0.4, 0.5) is 4.39 Å². The highest BCUT2D eigenvalue weighted by atomic mass is 19.1. The van der Waals surface area contributed by atoms with Crippen molar-refractivity contribution in [3.05, 3.63) is 54.3 Å². The van der Waals surface area contributed by atoms with Crippen molar-refractivity contribution in [2.45, 2.75) is 38.1 Å². The minimum atomic E-state index is -0.272. The van der Waals surface area contributed by atoms with Gasteiger partial charge in [0.1, 0.15) is 11.6 Å². The minimum Gasteiger partial charge on any atom is -0.340 e. The number of aromatic amines is 1. The molecule has 1 saturated heterocycles. The van der Waals surface area contributed by atoms with Crippen molar-refractivity contribution in [1.29, 1.82) is 0 Å². The minimum absolute atomic E-state index is 0.0288. The van der Waals surface area contributed by atoms with E-state index in [4.69, 9.17) is 0 Å². The average Bonchev–Trinajstić information content (AvgIpc) is 3.31. The third-order valence-corrected chi connectivity index (χ3v) is 5.23. The molecule has 1 aromatic heterocycles. The van der Waals surface area contributed by atoms with Crippen molar-refractivity contribution in [3.63, 3.8) is 0 Å². The van der Waals surface area contributed by atoms with Gasteiger partial charge in [-0.3, -0.25) is 4.79 Å². The fourth-order valence-electron chi connectivity index (χ4n) is 3.89. The first kappa shape index (κ1) is 16.1. The number of carbonyl (C=O) groups excluding carboxylic acids is 1. The molecule has 25 heavy (non-hydrogen) atoms. The summed E-state index contributed by atoms with van der Waals surface area (Å²) in [7, 11) is 0. The Morgan fingerprint density at radius 3 is 2.92 bits per heavy atom. The summed E-state index contributed by atoms with van der Waals surface area (Å²) in [5.74, 6) is 0.809. The summed E-state index contributed by atoms with van der Waals surface area (Å²) in [5, 5.41) is 0. The molecule has 4 nitrogen and oxygen atoms in total. The molecular formula is C20H22FN3O. The van der Waals surface area contributed by atoms with Gasteiger partial charge in [0.15, 0.2) is 0 Å². The predicted molar refractivity (Wildman–Crippen MR) is 94.2 cm³/mol. The second-order valence-corrected chi connectivity index (χ2v) is 6.83. The van der Waals surface area contributed by atoms with Gasteiger partial charge in [0.05, 0.1) is 17.9 Å². The number of hydrogen-bond donors (Lipinski definition) is 1. The zero-order valence-corrected chi connectivity index (χ0v) is 14.1. The van der Waals surface area contributed by atoms with Crippen LogP contribution in [0.2, 0.25) is 0 Å². The van der Waals surface area contributed by atoms with Crippen LogP contribution in [0.15, 0.2) is 42.6 Å². The first-order valence-corrected chi connectivity index (χ1v) is 8.99. The van der Waals surface area contributed by atoms with Crippen molar-refractivity contribution in [1.82, 2.24) is 14.9 Å². The highest BCUT2D eigenvalue weighted by Gasteiger charge is 2.35. The van der Waals surface area contributed by atoms with Crippen LogP contribution in [0.25, 0.3) is 11.3 Å². The number of amides is 1. The molecule has 4 rings (SSSR count). The van der Waals surface area contributed by atoms with Gasteiger partial charge in [0.25, 0.3) is 0 Å². The van der Waals surface area contributed by atoms with Crippen molar-refractivity contribution in [2.75, 3.05) is 6.54 Å². The molecule has 0 radical (unpaired) electrons. The van der Waals surface area contributed by atoms with E-state index in [0.29, 0.717) is 11.3 Å². The maximum atomic E-state index is 14.0. The summed E-state index contributed by atoms with van der Waals surface area (Å²) in [6, 6.07) is 6.63. The van der Waals surface area contributed by atoms with Gasteiger partial charge < -0.3 is 9.88 Å². The molecule has 0 bridgehead atoms. The fourth-order valence-corrected chi connectivity index (χ4v) is 3.89. The standard InChI is InChI=1S/C20H22FN3O/c21-16-10-5-4-9-15(16)17-13-22-19(23-17)18-11-6-12-24(18)20(25)14-7-2-1-3-8-14/h1-2,4-5,9-10,13-14,18H,3,6-8,11-12H2,(H,22,23). The number of halogens is 1. The van der Waals surface area contributed by atoms with Crippen molar-refractivity contribution >= 4 is 5.91 Å². The summed E-state index contributed by atoms with van der Waals surface area (Å²) >= 11 is 0. The summed E-state index contributed by atoms with van der Waals surface area (Å²) in [4.78, 5) is 22.6. The molecule has 0 spiro atoms.